The summed E-state index contributed by atoms with van der Waals surface area (Å²) in [6, 6.07) is 16.1. The lowest BCUT2D eigenvalue weighted by Gasteiger charge is -2.28. The Morgan fingerprint density at radius 2 is 1.93 bits per heavy atom. The normalized spacial score (nSPS) is 15.7. The second-order valence-corrected chi connectivity index (χ2v) is 7.57. The molecule has 1 amide bonds. The molecular formula is C24H24ClNO3. The zero-order chi connectivity index (χ0) is 20.4. The highest BCUT2D eigenvalue weighted by molar-refractivity contribution is 6.32. The number of anilines is 1. The van der Waals surface area contributed by atoms with Crippen molar-refractivity contribution in [2.75, 3.05) is 18.5 Å². The maximum atomic E-state index is 12.6. The standard InChI is InChI=1S/C24H24ClNO3/c1-3-11-29-24-20(25)12-16(13-21(24)28-4-2)19-14-22(27)26-23-17-8-6-5-7-15(17)9-10-18(19)23/h5-10,12-13,19H,3-4,11,14H2,1-2H3,(H,26,27)/t19-/m1/s1. The molecule has 1 N–H and O–H groups in total. The Bertz CT molecular complexity index is 1060. The summed E-state index contributed by atoms with van der Waals surface area (Å²) in [7, 11) is 0. The molecule has 1 atom stereocenters. The molecule has 1 heterocycles. The number of ether oxygens (including phenoxy) is 2. The van der Waals surface area contributed by atoms with Crippen LogP contribution in [0.15, 0.2) is 48.5 Å². The van der Waals surface area contributed by atoms with Crippen LogP contribution in [0, 0.1) is 0 Å². The van der Waals surface area contributed by atoms with E-state index >= 15 is 0 Å². The zero-order valence-corrected chi connectivity index (χ0v) is 17.4. The van der Waals surface area contributed by atoms with Gasteiger partial charge in [0.2, 0.25) is 5.91 Å². The topological polar surface area (TPSA) is 47.6 Å². The Morgan fingerprint density at radius 3 is 2.72 bits per heavy atom. The molecule has 0 unspecified atom stereocenters. The molecule has 29 heavy (non-hydrogen) atoms. The second kappa shape index (κ2) is 8.34. The van der Waals surface area contributed by atoms with Crippen molar-refractivity contribution in [1.82, 2.24) is 0 Å². The summed E-state index contributed by atoms with van der Waals surface area (Å²) in [6.45, 7) is 5.05. The number of fused-ring (bicyclic) bond motifs is 3. The van der Waals surface area contributed by atoms with Crippen LogP contribution in [-0.2, 0) is 4.79 Å². The molecule has 4 rings (SSSR count). The number of hydrogen-bond donors (Lipinski definition) is 1. The van der Waals surface area contributed by atoms with Gasteiger partial charge in [0.1, 0.15) is 0 Å². The van der Waals surface area contributed by atoms with Crippen molar-refractivity contribution in [2.45, 2.75) is 32.6 Å². The molecule has 0 saturated carbocycles. The summed E-state index contributed by atoms with van der Waals surface area (Å²) in [4.78, 5) is 12.6. The van der Waals surface area contributed by atoms with E-state index in [-0.39, 0.29) is 11.8 Å². The third-order valence-corrected chi connectivity index (χ3v) is 5.46. The number of halogens is 1. The monoisotopic (exact) mass is 409 g/mol. The fraction of sp³-hybridized carbons (Fsp3) is 0.292. The predicted octanol–water partition coefficient (Wildman–Crippen LogP) is 6.15. The summed E-state index contributed by atoms with van der Waals surface area (Å²) in [5.41, 5.74) is 2.92. The summed E-state index contributed by atoms with van der Waals surface area (Å²) >= 11 is 6.58. The Hall–Kier alpha value is -2.72. The molecule has 0 spiro atoms. The minimum absolute atomic E-state index is 0.000699. The molecule has 5 heteroatoms. The number of hydrogen-bond acceptors (Lipinski definition) is 3. The molecule has 3 aromatic carbocycles. The van der Waals surface area contributed by atoms with E-state index in [2.05, 4.69) is 23.5 Å². The maximum Gasteiger partial charge on any atom is 0.225 e. The molecular weight excluding hydrogens is 386 g/mol. The first-order chi connectivity index (χ1) is 14.1. The van der Waals surface area contributed by atoms with E-state index in [0.29, 0.717) is 36.2 Å². The molecule has 0 saturated heterocycles. The molecule has 1 aliphatic heterocycles. The van der Waals surface area contributed by atoms with Gasteiger partial charge in [0.05, 0.1) is 23.9 Å². The molecule has 0 aliphatic carbocycles. The van der Waals surface area contributed by atoms with Crippen molar-refractivity contribution in [1.29, 1.82) is 0 Å². The van der Waals surface area contributed by atoms with E-state index < -0.39 is 0 Å². The lowest BCUT2D eigenvalue weighted by atomic mass is 9.83. The van der Waals surface area contributed by atoms with E-state index in [1.807, 2.05) is 44.2 Å². The fourth-order valence-electron chi connectivity index (χ4n) is 3.90. The third kappa shape index (κ3) is 3.77. The summed E-state index contributed by atoms with van der Waals surface area (Å²) in [6.07, 6.45) is 1.25. The summed E-state index contributed by atoms with van der Waals surface area (Å²) in [5.74, 6) is 1.09. The van der Waals surface area contributed by atoms with E-state index in [9.17, 15) is 4.79 Å². The number of carbonyl (C=O) groups is 1. The molecule has 150 valence electrons. The minimum Gasteiger partial charge on any atom is -0.490 e. The smallest absolute Gasteiger partial charge is 0.225 e. The molecule has 4 nitrogen and oxygen atoms in total. The van der Waals surface area contributed by atoms with Gasteiger partial charge in [-0.2, -0.15) is 0 Å². The number of nitrogens with one attached hydrogen (secondary N) is 1. The van der Waals surface area contributed by atoms with Crippen LogP contribution in [0.2, 0.25) is 5.02 Å². The molecule has 0 fully saturated rings. The largest absolute Gasteiger partial charge is 0.490 e. The van der Waals surface area contributed by atoms with Crippen molar-refractivity contribution in [3.63, 3.8) is 0 Å². The quantitative estimate of drug-likeness (QED) is 0.530. The number of rotatable bonds is 6. The Balaban J connectivity index is 1.83. The van der Waals surface area contributed by atoms with Crippen LogP contribution in [-0.4, -0.2) is 19.1 Å². The van der Waals surface area contributed by atoms with E-state index in [0.717, 1.165) is 34.0 Å². The zero-order valence-electron chi connectivity index (χ0n) is 16.6. The number of amides is 1. The maximum absolute atomic E-state index is 12.6. The van der Waals surface area contributed by atoms with Crippen molar-refractivity contribution in [3.05, 3.63) is 64.7 Å². The lowest BCUT2D eigenvalue weighted by molar-refractivity contribution is -0.116. The minimum atomic E-state index is -0.0970. The lowest BCUT2D eigenvalue weighted by Crippen LogP contribution is -2.23. The van der Waals surface area contributed by atoms with Gasteiger partial charge in [-0.3, -0.25) is 4.79 Å². The third-order valence-electron chi connectivity index (χ3n) is 5.18. The van der Waals surface area contributed by atoms with Gasteiger partial charge in [0, 0.05) is 17.7 Å². The van der Waals surface area contributed by atoms with Gasteiger partial charge in [-0.05, 0) is 42.0 Å². The first-order valence-corrected chi connectivity index (χ1v) is 10.4. The van der Waals surface area contributed by atoms with Gasteiger partial charge in [-0.15, -0.1) is 0 Å². The number of carbonyl (C=O) groups excluding carboxylic acids is 1. The Morgan fingerprint density at radius 1 is 1.10 bits per heavy atom. The van der Waals surface area contributed by atoms with Crippen LogP contribution >= 0.6 is 11.6 Å². The molecule has 3 aromatic rings. The Kier molecular flexibility index (Phi) is 5.63. The highest BCUT2D eigenvalue weighted by Crippen LogP contribution is 2.45. The summed E-state index contributed by atoms with van der Waals surface area (Å²) in [5, 5.41) is 5.72. The van der Waals surface area contributed by atoms with Gasteiger partial charge in [-0.25, -0.2) is 0 Å². The molecule has 1 aliphatic rings. The number of benzene rings is 3. The SMILES string of the molecule is CCCOc1c(Cl)cc([C@H]2CC(=O)Nc3c2ccc2ccccc32)cc1OCC. The van der Waals surface area contributed by atoms with Gasteiger partial charge in [0.15, 0.2) is 11.5 Å². The fourth-order valence-corrected chi connectivity index (χ4v) is 4.17. The van der Waals surface area contributed by atoms with Crippen molar-refractivity contribution < 1.29 is 14.3 Å². The van der Waals surface area contributed by atoms with Crippen LogP contribution in [0.4, 0.5) is 5.69 Å². The molecule has 0 aromatic heterocycles. The van der Waals surface area contributed by atoms with Crippen LogP contribution in [0.1, 0.15) is 43.7 Å². The highest BCUT2D eigenvalue weighted by Gasteiger charge is 2.29. The van der Waals surface area contributed by atoms with Gasteiger partial charge in [0.25, 0.3) is 0 Å². The van der Waals surface area contributed by atoms with Crippen molar-refractivity contribution in [3.8, 4) is 11.5 Å². The van der Waals surface area contributed by atoms with Gasteiger partial charge in [-0.1, -0.05) is 54.9 Å². The predicted molar refractivity (Wildman–Crippen MR) is 117 cm³/mol. The average molecular weight is 410 g/mol. The van der Waals surface area contributed by atoms with Gasteiger partial charge < -0.3 is 14.8 Å². The van der Waals surface area contributed by atoms with Crippen molar-refractivity contribution >= 4 is 34.0 Å². The van der Waals surface area contributed by atoms with Gasteiger partial charge >= 0.3 is 0 Å². The molecule has 0 bridgehead atoms. The Labute approximate surface area is 175 Å². The average Bonchev–Trinajstić information content (AvgIpc) is 2.72. The van der Waals surface area contributed by atoms with Crippen molar-refractivity contribution in [2.24, 2.45) is 0 Å². The second-order valence-electron chi connectivity index (χ2n) is 7.17. The van der Waals surface area contributed by atoms with E-state index in [1.165, 1.54) is 0 Å². The highest BCUT2D eigenvalue weighted by atomic mass is 35.5. The van der Waals surface area contributed by atoms with Crippen LogP contribution in [0.25, 0.3) is 10.8 Å². The van der Waals surface area contributed by atoms with Crippen LogP contribution in [0.5, 0.6) is 11.5 Å². The summed E-state index contributed by atoms with van der Waals surface area (Å²) < 4.78 is 11.6. The van der Waals surface area contributed by atoms with Crippen LogP contribution in [0.3, 0.4) is 0 Å². The molecule has 0 radical (unpaired) electrons. The van der Waals surface area contributed by atoms with E-state index in [1.54, 1.807) is 0 Å². The first kappa shape index (κ1) is 19.6. The van der Waals surface area contributed by atoms with E-state index in [4.69, 9.17) is 21.1 Å². The first-order valence-electron chi connectivity index (χ1n) is 10.0. The van der Waals surface area contributed by atoms with Crippen LogP contribution < -0.4 is 14.8 Å².